The average molecular weight is 342 g/mol. The Morgan fingerprint density at radius 2 is 2.04 bits per heavy atom. The lowest BCUT2D eigenvalue weighted by Gasteiger charge is -2.18. The number of nitrogens with two attached hydrogens (primary N) is 1. The molecule has 3 N–H and O–H groups in total. The maximum absolute atomic E-state index is 13.6. The lowest BCUT2D eigenvalue weighted by molar-refractivity contribution is -0.122. The largest absolute Gasteiger partial charge is 0.489 e. The van der Waals surface area contributed by atoms with E-state index in [1.54, 1.807) is 18.2 Å². The predicted octanol–water partition coefficient (Wildman–Crippen LogP) is 3.15. The smallest absolute Gasteiger partial charge is 0.222 e. The summed E-state index contributed by atoms with van der Waals surface area (Å²) in [6.07, 6.45) is 2.85. The molecule has 1 unspecified atom stereocenters. The first-order valence-electron chi connectivity index (χ1n) is 8.61. The molecule has 0 bridgehead atoms. The minimum Gasteiger partial charge on any atom is -0.489 e. The van der Waals surface area contributed by atoms with Crippen molar-refractivity contribution in [3.63, 3.8) is 0 Å². The first-order valence-corrected chi connectivity index (χ1v) is 8.61. The summed E-state index contributed by atoms with van der Waals surface area (Å²) >= 11 is 0. The molecule has 25 heavy (non-hydrogen) atoms. The molecule has 4 nitrogen and oxygen atoms in total. The van der Waals surface area contributed by atoms with E-state index in [-0.39, 0.29) is 30.3 Å². The number of hydrogen-bond acceptors (Lipinski definition) is 3. The number of halogens is 1. The van der Waals surface area contributed by atoms with Crippen LogP contribution in [0.5, 0.6) is 5.75 Å². The van der Waals surface area contributed by atoms with Gasteiger partial charge in [-0.05, 0) is 36.6 Å². The van der Waals surface area contributed by atoms with Gasteiger partial charge in [0.1, 0.15) is 18.2 Å². The topological polar surface area (TPSA) is 64.4 Å². The van der Waals surface area contributed by atoms with E-state index in [4.69, 9.17) is 10.5 Å². The quantitative estimate of drug-likeness (QED) is 0.812. The number of carbonyl (C=O) groups is 1. The highest BCUT2D eigenvalue weighted by molar-refractivity contribution is 5.77. The summed E-state index contributed by atoms with van der Waals surface area (Å²) in [5, 5.41) is 3.42. The molecule has 0 radical (unpaired) electrons. The molecule has 0 saturated heterocycles. The number of amides is 1. The van der Waals surface area contributed by atoms with Gasteiger partial charge < -0.3 is 15.8 Å². The Balaban J connectivity index is 1.56. The standard InChI is InChI=1S/C20H23FN2O2/c21-18-9-2-1-6-15(18)13-25-16-7-3-5-14(11-16)12-23-19-10-4-8-17(19)20(22)24/h1-3,5-7,9,11,17,19,23H,4,8,10,12-13H2,(H2,22,24)/t17?,19-/m0/s1. The number of ether oxygens (including phenoxy) is 1. The Morgan fingerprint density at radius 1 is 1.20 bits per heavy atom. The van der Waals surface area contributed by atoms with Crippen molar-refractivity contribution in [1.82, 2.24) is 5.32 Å². The van der Waals surface area contributed by atoms with E-state index in [1.807, 2.05) is 24.3 Å². The molecule has 2 atom stereocenters. The van der Waals surface area contributed by atoms with Crippen molar-refractivity contribution in [3.05, 3.63) is 65.5 Å². The summed E-state index contributed by atoms with van der Waals surface area (Å²) in [7, 11) is 0. The van der Waals surface area contributed by atoms with Gasteiger partial charge in [-0.2, -0.15) is 0 Å². The fourth-order valence-electron chi connectivity index (χ4n) is 3.32. The second-order valence-corrected chi connectivity index (χ2v) is 6.45. The van der Waals surface area contributed by atoms with Crippen molar-refractivity contribution in [2.45, 2.75) is 38.5 Å². The summed E-state index contributed by atoms with van der Waals surface area (Å²) in [5.41, 5.74) is 7.04. The Bertz CT molecular complexity index is 735. The summed E-state index contributed by atoms with van der Waals surface area (Å²) in [6, 6.07) is 14.4. The fourth-order valence-corrected chi connectivity index (χ4v) is 3.32. The number of carbonyl (C=O) groups excluding carboxylic acids is 1. The third kappa shape index (κ3) is 4.57. The van der Waals surface area contributed by atoms with Gasteiger partial charge in [-0.25, -0.2) is 4.39 Å². The first-order chi connectivity index (χ1) is 12.1. The van der Waals surface area contributed by atoms with Crippen molar-refractivity contribution in [2.24, 2.45) is 11.7 Å². The van der Waals surface area contributed by atoms with Crippen LogP contribution >= 0.6 is 0 Å². The highest BCUT2D eigenvalue weighted by atomic mass is 19.1. The monoisotopic (exact) mass is 342 g/mol. The van der Waals surface area contributed by atoms with E-state index in [9.17, 15) is 9.18 Å². The molecule has 1 saturated carbocycles. The van der Waals surface area contributed by atoms with E-state index < -0.39 is 0 Å². The third-order valence-corrected chi connectivity index (χ3v) is 4.70. The molecular weight excluding hydrogens is 319 g/mol. The second kappa shape index (κ2) is 8.12. The zero-order chi connectivity index (χ0) is 17.6. The van der Waals surface area contributed by atoms with Crippen LogP contribution in [-0.2, 0) is 17.9 Å². The molecule has 5 heteroatoms. The molecule has 0 aliphatic heterocycles. The van der Waals surface area contributed by atoms with E-state index in [0.29, 0.717) is 17.9 Å². The van der Waals surface area contributed by atoms with Gasteiger partial charge >= 0.3 is 0 Å². The van der Waals surface area contributed by atoms with E-state index in [1.165, 1.54) is 6.07 Å². The molecule has 1 fully saturated rings. The minimum atomic E-state index is -0.265. The van der Waals surface area contributed by atoms with E-state index in [0.717, 1.165) is 24.8 Å². The van der Waals surface area contributed by atoms with Crippen molar-refractivity contribution in [2.75, 3.05) is 0 Å². The van der Waals surface area contributed by atoms with Crippen molar-refractivity contribution < 1.29 is 13.9 Å². The van der Waals surface area contributed by atoms with Crippen LogP contribution in [0.4, 0.5) is 4.39 Å². The number of nitrogens with one attached hydrogen (secondary N) is 1. The van der Waals surface area contributed by atoms with E-state index in [2.05, 4.69) is 5.32 Å². The molecule has 1 aliphatic carbocycles. The minimum absolute atomic E-state index is 0.0829. The number of benzene rings is 2. The molecule has 0 spiro atoms. The molecule has 1 aliphatic rings. The summed E-state index contributed by atoms with van der Waals surface area (Å²) in [6.45, 7) is 0.835. The maximum Gasteiger partial charge on any atom is 0.222 e. The highest BCUT2D eigenvalue weighted by Gasteiger charge is 2.30. The summed E-state index contributed by atoms with van der Waals surface area (Å²) in [4.78, 5) is 11.5. The third-order valence-electron chi connectivity index (χ3n) is 4.70. The van der Waals surface area contributed by atoms with Crippen molar-refractivity contribution >= 4 is 5.91 Å². The van der Waals surface area contributed by atoms with Crippen LogP contribution in [0.2, 0.25) is 0 Å². The summed E-state index contributed by atoms with van der Waals surface area (Å²) < 4.78 is 19.3. The normalized spacial score (nSPS) is 19.7. The SMILES string of the molecule is NC(=O)C1CCC[C@@H]1NCc1cccc(OCc2ccccc2F)c1. The molecule has 1 amide bonds. The second-order valence-electron chi connectivity index (χ2n) is 6.45. The molecule has 3 rings (SSSR count). The summed E-state index contributed by atoms with van der Waals surface area (Å²) in [5.74, 6) is 0.122. The molecule has 2 aromatic carbocycles. The fraction of sp³-hybridized carbons (Fsp3) is 0.350. The first kappa shape index (κ1) is 17.4. The van der Waals surface area contributed by atoms with Crippen molar-refractivity contribution in [1.29, 1.82) is 0 Å². The zero-order valence-corrected chi connectivity index (χ0v) is 14.1. The Labute approximate surface area is 147 Å². The van der Waals surface area contributed by atoms with Crippen LogP contribution in [0.3, 0.4) is 0 Å². The highest BCUT2D eigenvalue weighted by Crippen LogP contribution is 2.26. The van der Waals surface area contributed by atoms with Crippen LogP contribution < -0.4 is 15.8 Å². The Hall–Kier alpha value is -2.40. The number of primary amides is 1. The van der Waals surface area contributed by atoms with Gasteiger partial charge in [-0.15, -0.1) is 0 Å². The zero-order valence-electron chi connectivity index (χ0n) is 14.1. The lowest BCUT2D eigenvalue weighted by Crippen LogP contribution is -2.38. The van der Waals surface area contributed by atoms with E-state index >= 15 is 0 Å². The van der Waals surface area contributed by atoms with Gasteiger partial charge in [-0.1, -0.05) is 36.8 Å². The van der Waals surface area contributed by atoms with Gasteiger partial charge in [0.15, 0.2) is 0 Å². The molecule has 2 aromatic rings. The molecular formula is C20H23FN2O2. The van der Waals surface area contributed by atoms with Crippen LogP contribution in [0.25, 0.3) is 0 Å². The van der Waals surface area contributed by atoms with Gasteiger partial charge in [-0.3, -0.25) is 4.79 Å². The van der Waals surface area contributed by atoms with Crippen LogP contribution in [-0.4, -0.2) is 11.9 Å². The number of hydrogen-bond donors (Lipinski definition) is 2. The Morgan fingerprint density at radius 3 is 2.84 bits per heavy atom. The van der Waals surface area contributed by atoms with Crippen LogP contribution in [0.15, 0.2) is 48.5 Å². The molecule has 0 aromatic heterocycles. The molecule has 132 valence electrons. The predicted molar refractivity (Wildman–Crippen MR) is 94.3 cm³/mol. The maximum atomic E-state index is 13.6. The number of rotatable bonds is 7. The average Bonchev–Trinajstić information content (AvgIpc) is 3.09. The van der Waals surface area contributed by atoms with Gasteiger partial charge in [0.05, 0.1) is 5.92 Å². The van der Waals surface area contributed by atoms with Crippen molar-refractivity contribution in [3.8, 4) is 5.75 Å². The van der Waals surface area contributed by atoms with Gasteiger partial charge in [0.2, 0.25) is 5.91 Å². The van der Waals surface area contributed by atoms with Crippen LogP contribution in [0.1, 0.15) is 30.4 Å². The lowest BCUT2D eigenvalue weighted by atomic mass is 10.0. The van der Waals surface area contributed by atoms with Gasteiger partial charge in [0.25, 0.3) is 0 Å². The van der Waals surface area contributed by atoms with Gasteiger partial charge in [0, 0.05) is 18.2 Å². The van der Waals surface area contributed by atoms with Crippen LogP contribution in [0, 0.1) is 11.7 Å². The molecule has 0 heterocycles. The Kier molecular flexibility index (Phi) is 5.66.